The Bertz CT molecular complexity index is 678. The predicted octanol–water partition coefficient (Wildman–Crippen LogP) is 1.67. The van der Waals surface area contributed by atoms with Crippen LogP contribution in [0.3, 0.4) is 0 Å². The molecule has 0 saturated carbocycles. The molecule has 2 N–H and O–H groups in total. The monoisotopic (exact) mass is 334 g/mol. The Morgan fingerprint density at radius 3 is 3.04 bits per heavy atom. The molecule has 0 aliphatic carbocycles. The van der Waals surface area contributed by atoms with Crippen LogP contribution in [-0.4, -0.2) is 30.5 Å². The van der Waals surface area contributed by atoms with Gasteiger partial charge in [0, 0.05) is 5.56 Å². The van der Waals surface area contributed by atoms with E-state index in [-0.39, 0.29) is 18.6 Å². The highest BCUT2D eigenvalue weighted by molar-refractivity contribution is 7.80. The van der Waals surface area contributed by atoms with E-state index < -0.39 is 11.6 Å². The fraction of sp³-hybridized carbons (Fsp3) is 0.375. The van der Waals surface area contributed by atoms with Crippen LogP contribution in [0.1, 0.15) is 18.5 Å². The summed E-state index contributed by atoms with van der Waals surface area (Å²) in [6.07, 6.45) is 1.53. The van der Waals surface area contributed by atoms with Crippen LogP contribution in [0.5, 0.6) is 11.5 Å². The molecule has 2 bridgehead atoms. The van der Waals surface area contributed by atoms with Gasteiger partial charge in [0.15, 0.2) is 22.3 Å². The zero-order valence-electron chi connectivity index (χ0n) is 12.9. The van der Waals surface area contributed by atoms with Crippen molar-refractivity contribution in [3.63, 3.8) is 0 Å². The van der Waals surface area contributed by atoms with Gasteiger partial charge in [0.05, 0.1) is 13.2 Å². The second-order valence-electron chi connectivity index (χ2n) is 5.56. The molecule has 6 nitrogen and oxygen atoms in total. The van der Waals surface area contributed by atoms with E-state index in [4.69, 9.17) is 26.4 Å². The van der Waals surface area contributed by atoms with Crippen molar-refractivity contribution in [1.29, 1.82) is 0 Å². The van der Waals surface area contributed by atoms with Crippen LogP contribution >= 0.6 is 12.2 Å². The summed E-state index contributed by atoms with van der Waals surface area (Å²) < 4.78 is 16.7. The van der Waals surface area contributed by atoms with E-state index in [1.165, 1.54) is 6.08 Å². The van der Waals surface area contributed by atoms with Gasteiger partial charge in [-0.05, 0) is 25.2 Å². The second-order valence-corrected chi connectivity index (χ2v) is 5.97. The number of rotatable bonds is 4. The molecule has 1 aromatic carbocycles. The number of hydrogen-bond donors (Lipinski definition) is 2. The Hall–Kier alpha value is -2.28. The van der Waals surface area contributed by atoms with Crippen molar-refractivity contribution in [2.24, 2.45) is 5.92 Å². The number of para-hydroxylation sites is 1. The fourth-order valence-electron chi connectivity index (χ4n) is 3.08. The highest BCUT2D eigenvalue weighted by atomic mass is 32.1. The summed E-state index contributed by atoms with van der Waals surface area (Å²) in [4.78, 5) is 12.5. The minimum Gasteiger partial charge on any atom is -0.493 e. The van der Waals surface area contributed by atoms with Gasteiger partial charge in [0.1, 0.15) is 12.5 Å². The summed E-state index contributed by atoms with van der Waals surface area (Å²) in [6.45, 7) is 5.49. The van der Waals surface area contributed by atoms with Gasteiger partial charge in [-0.2, -0.15) is 0 Å². The van der Waals surface area contributed by atoms with Gasteiger partial charge in [-0.1, -0.05) is 24.8 Å². The van der Waals surface area contributed by atoms with Crippen molar-refractivity contribution < 1.29 is 19.0 Å². The molecular weight excluding hydrogens is 316 g/mol. The topological polar surface area (TPSA) is 68.8 Å². The van der Waals surface area contributed by atoms with Crippen LogP contribution in [0.2, 0.25) is 0 Å². The number of carbonyl (C=O) groups excluding carboxylic acids is 1. The van der Waals surface area contributed by atoms with Crippen LogP contribution < -0.4 is 20.1 Å². The average Bonchev–Trinajstić information content (AvgIpc) is 2.50. The van der Waals surface area contributed by atoms with Crippen molar-refractivity contribution in [2.75, 3.05) is 13.7 Å². The molecule has 0 aromatic heterocycles. The van der Waals surface area contributed by atoms with E-state index in [1.54, 1.807) is 14.0 Å². The molecule has 2 aliphatic heterocycles. The van der Waals surface area contributed by atoms with E-state index in [1.807, 2.05) is 18.2 Å². The van der Waals surface area contributed by atoms with Crippen LogP contribution in [0.4, 0.5) is 0 Å². The Labute approximate surface area is 139 Å². The quantitative estimate of drug-likeness (QED) is 0.493. The molecule has 1 fully saturated rings. The number of esters is 1. The number of hydrogen-bond acceptors (Lipinski definition) is 5. The standard InChI is InChI=1S/C16H18N2O4S/c1-4-8-21-14(19)11-12-9-6-5-7-10(20-3)13(9)22-16(11,2)18-15(23)17-12/h4-7,11-12H,1,8H2,2-3H3,(H2,17,18,23)/t11-,12-,16-/m0/s1. The number of nitrogens with one attached hydrogen (secondary N) is 2. The van der Waals surface area contributed by atoms with Crippen molar-refractivity contribution in [3.05, 3.63) is 36.4 Å². The Balaban J connectivity index is 2.07. The molecule has 3 rings (SSSR count). The zero-order valence-corrected chi connectivity index (χ0v) is 13.7. The normalized spacial score (nSPS) is 27.7. The first-order chi connectivity index (χ1) is 11.0. The van der Waals surface area contributed by atoms with Crippen LogP contribution in [0.15, 0.2) is 30.9 Å². The van der Waals surface area contributed by atoms with E-state index in [0.717, 1.165) is 5.56 Å². The van der Waals surface area contributed by atoms with Crippen molar-refractivity contribution in [1.82, 2.24) is 10.6 Å². The lowest BCUT2D eigenvalue weighted by atomic mass is 9.80. The first kappa shape index (κ1) is 15.6. The summed E-state index contributed by atoms with van der Waals surface area (Å²) >= 11 is 5.25. The van der Waals surface area contributed by atoms with Crippen molar-refractivity contribution in [3.8, 4) is 11.5 Å². The average molecular weight is 334 g/mol. The molecule has 1 saturated heterocycles. The molecule has 7 heteroatoms. The lowest BCUT2D eigenvalue weighted by Gasteiger charge is -2.50. The van der Waals surface area contributed by atoms with Crippen LogP contribution in [0, 0.1) is 5.92 Å². The van der Waals surface area contributed by atoms with E-state index >= 15 is 0 Å². The molecule has 122 valence electrons. The van der Waals surface area contributed by atoms with Crippen molar-refractivity contribution >= 4 is 23.3 Å². The third-order valence-corrected chi connectivity index (χ3v) is 4.27. The molecule has 23 heavy (non-hydrogen) atoms. The number of ether oxygens (including phenoxy) is 3. The van der Waals surface area contributed by atoms with Crippen LogP contribution in [-0.2, 0) is 9.53 Å². The van der Waals surface area contributed by atoms with Gasteiger partial charge in [-0.3, -0.25) is 4.79 Å². The fourth-order valence-corrected chi connectivity index (χ4v) is 3.41. The summed E-state index contributed by atoms with van der Waals surface area (Å²) in [5.41, 5.74) is -0.210. The summed E-state index contributed by atoms with van der Waals surface area (Å²) in [6, 6.07) is 5.19. The summed E-state index contributed by atoms with van der Waals surface area (Å²) in [5, 5.41) is 6.61. The van der Waals surface area contributed by atoms with Gasteiger partial charge in [-0.25, -0.2) is 0 Å². The van der Waals surface area contributed by atoms with E-state index in [2.05, 4.69) is 17.2 Å². The molecule has 0 unspecified atom stereocenters. The molecule has 2 heterocycles. The first-order valence-corrected chi connectivity index (χ1v) is 7.63. The molecule has 0 spiro atoms. The Morgan fingerprint density at radius 2 is 2.35 bits per heavy atom. The number of carbonyl (C=O) groups is 1. The molecule has 2 aliphatic rings. The lowest BCUT2D eigenvalue weighted by molar-refractivity contribution is -0.161. The third kappa shape index (κ3) is 2.50. The van der Waals surface area contributed by atoms with E-state index in [0.29, 0.717) is 16.6 Å². The van der Waals surface area contributed by atoms with Gasteiger partial charge in [-0.15, -0.1) is 0 Å². The number of benzene rings is 1. The predicted molar refractivity (Wildman–Crippen MR) is 88.3 cm³/mol. The maximum absolute atomic E-state index is 12.5. The van der Waals surface area contributed by atoms with Gasteiger partial charge in [0.2, 0.25) is 0 Å². The highest BCUT2D eigenvalue weighted by Crippen LogP contribution is 2.48. The maximum atomic E-state index is 12.5. The van der Waals surface area contributed by atoms with E-state index in [9.17, 15) is 4.79 Å². The SMILES string of the molecule is C=CCOC(=O)[C@@H]1[C@H]2NC(=S)N[C@@]1(C)Oc1c(OC)cccc12. The molecule has 0 radical (unpaired) electrons. The largest absolute Gasteiger partial charge is 0.493 e. The second kappa shape index (κ2) is 5.73. The minimum atomic E-state index is -1.02. The third-order valence-electron chi connectivity index (χ3n) is 4.05. The van der Waals surface area contributed by atoms with Gasteiger partial charge in [0.25, 0.3) is 0 Å². The number of thiocarbonyl (C=S) groups is 1. The maximum Gasteiger partial charge on any atom is 0.317 e. The number of fused-ring (bicyclic) bond motifs is 4. The number of methoxy groups -OCH3 is 1. The zero-order chi connectivity index (χ0) is 16.6. The summed E-state index contributed by atoms with van der Waals surface area (Å²) in [7, 11) is 1.58. The van der Waals surface area contributed by atoms with Gasteiger partial charge >= 0.3 is 5.97 Å². The van der Waals surface area contributed by atoms with Gasteiger partial charge < -0.3 is 24.8 Å². The molecule has 0 amide bonds. The summed E-state index contributed by atoms with van der Waals surface area (Å²) in [5.74, 6) is 0.216. The smallest absolute Gasteiger partial charge is 0.317 e. The molecular formula is C16H18N2O4S. The molecule has 3 atom stereocenters. The highest BCUT2D eigenvalue weighted by Gasteiger charge is 2.56. The van der Waals surface area contributed by atoms with Crippen LogP contribution in [0.25, 0.3) is 0 Å². The van der Waals surface area contributed by atoms with Crippen molar-refractivity contribution in [2.45, 2.75) is 18.7 Å². The molecule has 1 aromatic rings. The Kier molecular flexibility index (Phi) is 3.89. The minimum absolute atomic E-state index is 0.146. The lowest BCUT2D eigenvalue weighted by Crippen LogP contribution is -2.70. The Morgan fingerprint density at radius 1 is 1.57 bits per heavy atom. The first-order valence-electron chi connectivity index (χ1n) is 7.22.